The Morgan fingerprint density at radius 3 is 2.54 bits per heavy atom. The number of benzene rings is 1. The van der Waals surface area contributed by atoms with E-state index in [1.54, 1.807) is 13.3 Å². The summed E-state index contributed by atoms with van der Waals surface area (Å²) in [5, 5.41) is 3.45. The van der Waals surface area contributed by atoms with Gasteiger partial charge in [0.15, 0.2) is 0 Å². The van der Waals surface area contributed by atoms with Crippen LogP contribution in [0.5, 0.6) is 5.75 Å². The first-order chi connectivity index (χ1) is 13.4. The van der Waals surface area contributed by atoms with Gasteiger partial charge in [-0.2, -0.15) is 15.0 Å². The lowest BCUT2D eigenvalue weighted by atomic mass is 10.1. The van der Waals surface area contributed by atoms with Crippen LogP contribution in [0.2, 0.25) is 0 Å². The second-order valence-corrected chi connectivity index (χ2v) is 7.12. The van der Waals surface area contributed by atoms with E-state index in [0.29, 0.717) is 11.9 Å². The van der Waals surface area contributed by atoms with Crippen LogP contribution in [0.25, 0.3) is 0 Å². The molecule has 0 saturated carbocycles. The fraction of sp³-hybridized carbons (Fsp3) is 0.400. The molecule has 0 spiro atoms. The molecule has 1 unspecified atom stereocenters. The number of hydrogen-bond donors (Lipinski definition) is 1. The van der Waals surface area contributed by atoms with Crippen molar-refractivity contribution < 1.29 is 4.74 Å². The minimum atomic E-state index is -0.243. The number of aryl methyl sites for hydroxylation is 1. The minimum Gasteiger partial charge on any atom is -0.497 e. The van der Waals surface area contributed by atoms with Crippen molar-refractivity contribution in [2.45, 2.75) is 25.8 Å². The first kappa shape index (κ1) is 19.6. The van der Waals surface area contributed by atoms with Crippen LogP contribution in [0.15, 0.2) is 36.7 Å². The summed E-state index contributed by atoms with van der Waals surface area (Å²) >= 11 is 0. The standard InChI is InChI=1S/C20H27N7O/c1-13(2)17-23-19(25-20(24-17)26(3)4)22-16(18-21-10-11-27(18)5)14-8-7-9-15(12-14)28-6/h7-13,16H,1-6H3,(H,22,23,24,25). The summed E-state index contributed by atoms with van der Waals surface area (Å²) in [4.78, 5) is 20.2. The van der Waals surface area contributed by atoms with Gasteiger partial charge in [0, 0.05) is 39.5 Å². The van der Waals surface area contributed by atoms with Gasteiger partial charge in [-0.25, -0.2) is 4.98 Å². The number of nitrogens with zero attached hydrogens (tertiary/aromatic N) is 6. The predicted molar refractivity (Wildman–Crippen MR) is 110 cm³/mol. The van der Waals surface area contributed by atoms with Crippen LogP contribution in [0.3, 0.4) is 0 Å². The predicted octanol–water partition coefficient (Wildman–Crippen LogP) is 3.00. The number of aromatic nitrogens is 5. The largest absolute Gasteiger partial charge is 0.497 e. The van der Waals surface area contributed by atoms with Gasteiger partial charge >= 0.3 is 0 Å². The summed E-state index contributed by atoms with van der Waals surface area (Å²) < 4.78 is 7.38. The maximum Gasteiger partial charge on any atom is 0.229 e. The van der Waals surface area contributed by atoms with Crippen molar-refractivity contribution in [3.05, 3.63) is 53.9 Å². The Morgan fingerprint density at radius 1 is 1.14 bits per heavy atom. The molecule has 2 heterocycles. The van der Waals surface area contributed by atoms with E-state index < -0.39 is 0 Å². The molecule has 2 aromatic heterocycles. The highest BCUT2D eigenvalue weighted by atomic mass is 16.5. The molecule has 8 heteroatoms. The molecule has 0 aliphatic carbocycles. The van der Waals surface area contributed by atoms with Crippen LogP contribution in [-0.4, -0.2) is 45.7 Å². The first-order valence-corrected chi connectivity index (χ1v) is 9.20. The third-order valence-corrected chi connectivity index (χ3v) is 4.37. The van der Waals surface area contributed by atoms with Gasteiger partial charge in [0.1, 0.15) is 23.4 Å². The van der Waals surface area contributed by atoms with Gasteiger partial charge in [-0.05, 0) is 17.7 Å². The Morgan fingerprint density at radius 2 is 1.93 bits per heavy atom. The van der Waals surface area contributed by atoms with Crippen molar-refractivity contribution in [2.75, 3.05) is 31.4 Å². The number of hydrogen-bond acceptors (Lipinski definition) is 7. The molecule has 28 heavy (non-hydrogen) atoms. The third kappa shape index (κ3) is 4.21. The Bertz CT molecular complexity index is 910. The molecular weight excluding hydrogens is 354 g/mol. The monoisotopic (exact) mass is 381 g/mol. The molecule has 3 aromatic rings. The molecule has 0 aliphatic rings. The lowest BCUT2D eigenvalue weighted by Crippen LogP contribution is -2.21. The van der Waals surface area contributed by atoms with Crippen LogP contribution in [0, 0.1) is 0 Å². The maximum atomic E-state index is 5.40. The van der Waals surface area contributed by atoms with Gasteiger partial charge in [-0.15, -0.1) is 0 Å². The Hall–Kier alpha value is -3.16. The fourth-order valence-corrected chi connectivity index (χ4v) is 2.81. The summed E-state index contributed by atoms with van der Waals surface area (Å²) in [7, 11) is 7.46. The van der Waals surface area contributed by atoms with Gasteiger partial charge < -0.3 is 19.5 Å². The number of ether oxygens (including phenoxy) is 1. The fourth-order valence-electron chi connectivity index (χ4n) is 2.81. The molecule has 148 valence electrons. The number of imidazole rings is 1. The van der Waals surface area contributed by atoms with E-state index in [0.717, 1.165) is 23.0 Å². The molecule has 0 amide bonds. The van der Waals surface area contributed by atoms with Crippen molar-refractivity contribution in [3.8, 4) is 5.75 Å². The van der Waals surface area contributed by atoms with Crippen LogP contribution in [0.1, 0.15) is 43.0 Å². The van der Waals surface area contributed by atoms with E-state index in [4.69, 9.17) is 4.74 Å². The zero-order valence-electron chi connectivity index (χ0n) is 17.2. The summed E-state index contributed by atoms with van der Waals surface area (Å²) in [6.45, 7) is 4.13. The highest BCUT2D eigenvalue weighted by Gasteiger charge is 2.21. The van der Waals surface area contributed by atoms with Crippen LogP contribution < -0.4 is 15.0 Å². The average Bonchev–Trinajstić information content (AvgIpc) is 3.11. The van der Waals surface area contributed by atoms with Crippen LogP contribution >= 0.6 is 0 Å². The summed E-state index contributed by atoms with van der Waals surface area (Å²) in [6, 6.07) is 7.66. The van der Waals surface area contributed by atoms with E-state index in [9.17, 15) is 0 Å². The van der Waals surface area contributed by atoms with Crippen LogP contribution in [-0.2, 0) is 7.05 Å². The molecule has 0 saturated heterocycles. The molecule has 1 aromatic carbocycles. The van der Waals surface area contributed by atoms with E-state index >= 15 is 0 Å². The van der Waals surface area contributed by atoms with Crippen molar-refractivity contribution in [3.63, 3.8) is 0 Å². The average molecular weight is 381 g/mol. The highest BCUT2D eigenvalue weighted by Crippen LogP contribution is 2.27. The van der Waals surface area contributed by atoms with Crippen molar-refractivity contribution >= 4 is 11.9 Å². The third-order valence-electron chi connectivity index (χ3n) is 4.37. The molecule has 0 radical (unpaired) electrons. The summed E-state index contributed by atoms with van der Waals surface area (Å²) in [5.41, 5.74) is 1.01. The lowest BCUT2D eigenvalue weighted by Gasteiger charge is -2.21. The maximum absolute atomic E-state index is 5.40. The summed E-state index contributed by atoms with van der Waals surface area (Å²) in [5.74, 6) is 3.69. The molecule has 8 nitrogen and oxygen atoms in total. The van der Waals surface area contributed by atoms with E-state index in [-0.39, 0.29) is 12.0 Å². The van der Waals surface area contributed by atoms with Crippen molar-refractivity contribution in [1.82, 2.24) is 24.5 Å². The van der Waals surface area contributed by atoms with E-state index in [1.807, 2.05) is 61.1 Å². The van der Waals surface area contributed by atoms with E-state index in [1.165, 1.54) is 0 Å². The number of rotatable bonds is 7. The van der Waals surface area contributed by atoms with Gasteiger partial charge in [-0.1, -0.05) is 26.0 Å². The molecule has 1 atom stereocenters. The molecular formula is C20H27N7O. The number of nitrogens with one attached hydrogen (secondary N) is 1. The Kier molecular flexibility index (Phi) is 5.77. The van der Waals surface area contributed by atoms with Gasteiger partial charge in [0.2, 0.25) is 11.9 Å². The topological polar surface area (TPSA) is 81.0 Å². The van der Waals surface area contributed by atoms with Gasteiger partial charge in [-0.3, -0.25) is 0 Å². The number of anilines is 2. The molecule has 0 aliphatic heterocycles. The number of methoxy groups -OCH3 is 1. The first-order valence-electron chi connectivity index (χ1n) is 9.20. The lowest BCUT2D eigenvalue weighted by molar-refractivity contribution is 0.414. The second kappa shape index (κ2) is 8.24. The SMILES string of the molecule is COc1cccc(C(Nc2nc(C(C)C)nc(N(C)C)n2)c2nccn2C)c1. The van der Waals surface area contributed by atoms with E-state index in [2.05, 4.69) is 39.1 Å². The van der Waals surface area contributed by atoms with Gasteiger partial charge in [0.05, 0.1) is 7.11 Å². The minimum absolute atomic E-state index is 0.186. The zero-order valence-corrected chi connectivity index (χ0v) is 17.2. The normalized spacial score (nSPS) is 12.1. The molecule has 3 rings (SSSR count). The van der Waals surface area contributed by atoms with Crippen molar-refractivity contribution in [1.29, 1.82) is 0 Å². The second-order valence-electron chi connectivity index (χ2n) is 7.12. The summed E-state index contributed by atoms with van der Waals surface area (Å²) in [6.07, 6.45) is 3.70. The molecule has 0 fully saturated rings. The zero-order chi connectivity index (χ0) is 20.3. The van der Waals surface area contributed by atoms with Crippen molar-refractivity contribution in [2.24, 2.45) is 7.05 Å². The quantitative estimate of drug-likeness (QED) is 0.674. The highest BCUT2D eigenvalue weighted by molar-refractivity contribution is 5.43. The molecule has 1 N–H and O–H groups in total. The van der Waals surface area contributed by atoms with Gasteiger partial charge in [0.25, 0.3) is 0 Å². The smallest absolute Gasteiger partial charge is 0.229 e. The Labute approximate surface area is 165 Å². The Balaban J connectivity index is 2.06. The van der Waals surface area contributed by atoms with Crippen LogP contribution in [0.4, 0.5) is 11.9 Å². The molecule has 0 bridgehead atoms.